The summed E-state index contributed by atoms with van der Waals surface area (Å²) in [5.74, 6) is -1.37. The summed E-state index contributed by atoms with van der Waals surface area (Å²) in [6, 6.07) is -0.815. The van der Waals surface area contributed by atoms with Crippen molar-refractivity contribution in [3.63, 3.8) is 0 Å². The Kier molecular flexibility index (Phi) is 4.89. The summed E-state index contributed by atoms with van der Waals surface area (Å²) < 4.78 is 4.58. The molecule has 1 rings (SSSR count). The molecule has 7 heteroatoms. The number of rotatable bonds is 5. The van der Waals surface area contributed by atoms with E-state index in [1.165, 1.54) is 7.11 Å². The van der Waals surface area contributed by atoms with E-state index in [1.54, 1.807) is 0 Å². The highest BCUT2D eigenvalue weighted by atomic mass is 16.5. The average Bonchev–Trinajstić information content (AvgIpc) is 2.73. The number of carbonyl (C=O) groups excluding carboxylic acids is 3. The van der Waals surface area contributed by atoms with Crippen LogP contribution in [0.4, 0.5) is 0 Å². The van der Waals surface area contributed by atoms with Gasteiger partial charge in [-0.15, -0.1) is 0 Å². The highest BCUT2D eigenvalue weighted by Crippen LogP contribution is 2.16. The zero-order valence-corrected chi connectivity index (χ0v) is 9.69. The average molecular weight is 243 g/mol. The number of hydrogen-bond donors (Lipinski definition) is 3. The quantitative estimate of drug-likeness (QED) is 0.490. The first-order chi connectivity index (χ1) is 8.08. The molecule has 2 amide bonds. The molecule has 0 aromatic heterocycles. The zero-order valence-electron chi connectivity index (χ0n) is 9.69. The van der Waals surface area contributed by atoms with Crippen LogP contribution >= 0.6 is 0 Å². The van der Waals surface area contributed by atoms with Gasteiger partial charge in [-0.25, -0.2) is 4.79 Å². The van der Waals surface area contributed by atoms with Gasteiger partial charge in [-0.05, 0) is 12.8 Å². The Bertz CT molecular complexity index is 319. The van der Waals surface area contributed by atoms with E-state index >= 15 is 0 Å². The fourth-order valence-corrected chi connectivity index (χ4v) is 1.76. The van der Waals surface area contributed by atoms with Crippen LogP contribution in [0.25, 0.3) is 0 Å². The minimum atomic E-state index is -0.815. The number of carbonyl (C=O) groups is 3. The number of methoxy groups -OCH3 is 1. The van der Waals surface area contributed by atoms with Crippen LogP contribution in [-0.2, 0) is 19.1 Å². The molecule has 4 N–H and O–H groups in total. The van der Waals surface area contributed by atoms with Gasteiger partial charge in [0, 0.05) is 12.5 Å². The largest absolute Gasteiger partial charge is 0.467 e. The summed E-state index contributed by atoms with van der Waals surface area (Å²) in [6.45, 7) is 0.395. The van der Waals surface area contributed by atoms with Crippen molar-refractivity contribution in [3.05, 3.63) is 0 Å². The number of ether oxygens (including phenoxy) is 1. The fraction of sp³-hybridized carbons (Fsp3) is 0.700. The van der Waals surface area contributed by atoms with E-state index in [4.69, 9.17) is 5.73 Å². The Morgan fingerprint density at radius 1 is 1.65 bits per heavy atom. The summed E-state index contributed by atoms with van der Waals surface area (Å²) >= 11 is 0. The SMILES string of the molecule is COC(=O)[C@H](C[C@@H]1CCNC1=O)NC(=O)CN. The van der Waals surface area contributed by atoms with E-state index in [0.29, 0.717) is 13.0 Å². The number of hydrogen-bond acceptors (Lipinski definition) is 5. The molecule has 1 aliphatic heterocycles. The molecule has 0 bridgehead atoms. The summed E-state index contributed by atoms with van der Waals surface area (Å²) in [5, 5.41) is 5.12. The molecule has 0 aliphatic carbocycles. The standard InChI is InChI=1S/C10H17N3O4/c1-17-10(16)7(13-8(14)5-11)4-6-2-3-12-9(6)15/h6-7H,2-5,11H2,1H3,(H,12,15)(H,13,14)/t6-,7-/m0/s1. The molecule has 1 heterocycles. The molecule has 0 radical (unpaired) electrons. The Morgan fingerprint density at radius 2 is 2.35 bits per heavy atom. The zero-order chi connectivity index (χ0) is 12.8. The molecule has 2 atom stereocenters. The monoisotopic (exact) mass is 243 g/mol. The Hall–Kier alpha value is -1.63. The van der Waals surface area contributed by atoms with Crippen molar-refractivity contribution < 1.29 is 19.1 Å². The molecule has 17 heavy (non-hydrogen) atoms. The van der Waals surface area contributed by atoms with Crippen LogP contribution in [0.15, 0.2) is 0 Å². The molecular weight excluding hydrogens is 226 g/mol. The minimum Gasteiger partial charge on any atom is -0.467 e. The minimum absolute atomic E-state index is 0.0964. The van der Waals surface area contributed by atoms with Gasteiger partial charge in [-0.2, -0.15) is 0 Å². The van der Waals surface area contributed by atoms with Crippen LogP contribution in [0.1, 0.15) is 12.8 Å². The van der Waals surface area contributed by atoms with E-state index in [2.05, 4.69) is 15.4 Å². The molecule has 1 fully saturated rings. The van der Waals surface area contributed by atoms with Crippen molar-refractivity contribution in [2.45, 2.75) is 18.9 Å². The van der Waals surface area contributed by atoms with Gasteiger partial charge in [0.05, 0.1) is 13.7 Å². The smallest absolute Gasteiger partial charge is 0.328 e. The van der Waals surface area contributed by atoms with Gasteiger partial charge in [-0.3, -0.25) is 9.59 Å². The lowest BCUT2D eigenvalue weighted by molar-refractivity contribution is -0.145. The van der Waals surface area contributed by atoms with E-state index in [1.807, 2.05) is 0 Å². The van der Waals surface area contributed by atoms with E-state index in [0.717, 1.165) is 0 Å². The second-order valence-corrected chi connectivity index (χ2v) is 3.86. The Balaban J connectivity index is 2.59. The summed E-state index contributed by atoms with van der Waals surface area (Å²) in [7, 11) is 1.23. The van der Waals surface area contributed by atoms with Gasteiger partial charge in [0.1, 0.15) is 6.04 Å². The van der Waals surface area contributed by atoms with Gasteiger partial charge in [-0.1, -0.05) is 0 Å². The fourth-order valence-electron chi connectivity index (χ4n) is 1.76. The van der Waals surface area contributed by atoms with Crippen molar-refractivity contribution in [1.29, 1.82) is 0 Å². The van der Waals surface area contributed by atoms with Crippen LogP contribution in [0.2, 0.25) is 0 Å². The molecule has 7 nitrogen and oxygen atoms in total. The maximum Gasteiger partial charge on any atom is 0.328 e. The van der Waals surface area contributed by atoms with Crippen molar-refractivity contribution in [3.8, 4) is 0 Å². The van der Waals surface area contributed by atoms with Crippen LogP contribution in [0, 0.1) is 5.92 Å². The third-order valence-corrected chi connectivity index (χ3v) is 2.69. The van der Waals surface area contributed by atoms with Gasteiger partial charge < -0.3 is 21.1 Å². The molecule has 96 valence electrons. The number of nitrogens with one attached hydrogen (secondary N) is 2. The predicted octanol–water partition coefficient (Wildman–Crippen LogP) is -1.87. The van der Waals surface area contributed by atoms with Crippen molar-refractivity contribution in [2.75, 3.05) is 20.2 Å². The molecule has 0 spiro atoms. The topological polar surface area (TPSA) is 111 Å². The number of esters is 1. The molecule has 1 aliphatic rings. The normalized spacial score (nSPS) is 20.6. The highest BCUT2D eigenvalue weighted by molar-refractivity contribution is 5.86. The highest BCUT2D eigenvalue weighted by Gasteiger charge is 2.31. The number of nitrogens with two attached hydrogens (primary N) is 1. The van der Waals surface area contributed by atoms with Gasteiger partial charge in [0.15, 0.2) is 0 Å². The van der Waals surface area contributed by atoms with Crippen LogP contribution in [-0.4, -0.2) is 44.0 Å². The molecule has 0 unspecified atom stereocenters. The van der Waals surface area contributed by atoms with E-state index < -0.39 is 17.9 Å². The molecular formula is C10H17N3O4. The van der Waals surface area contributed by atoms with Crippen LogP contribution in [0.3, 0.4) is 0 Å². The van der Waals surface area contributed by atoms with E-state index in [9.17, 15) is 14.4 Å². The van der Waals surface area contributed by atoms with E-state index in [-0.39, 0.29) is 24.8 Å². The first-order valence-corrected chi connectivity index (χ1v) is 5.43. The molecule has 0 aromatic rings. The lowest BCUT2D eigenvalue weighted by Gasteiger charge is -2.18. The van der Waals surface area contributed by atoms with Gasteiger partial charge in [0.25, 0.3) is 0 Å². The van der Waals surface area contributed by atoms with Crippen LogP contribution < -0.4 is 16.4 Å². The Labute approximate surface area is 99.1 Å². The first-order valence-electron chi connectivity index (χ1n) is 5.43. The van der Waals surface area contributed by atoms with Crippen molar-refractivity contribution in [1.82, 2.24) is 10.6 Å². The maximum atomic E-state index is 11.4. The molecule has 0 saturated carbocycles. The summed E-state index contributed by atoms with van der Waals surface area (Å²) in [4.78, 5) is 34.0. The van der Waals surface area contributed by atoms with Crippen LogP contribution in [0.5, 0.6) is 0 Å². The Morgan fingerprint density at radius 3 is 2.82 bits per heavy atom. The summed E-state index contributed by atoms with van der Waals surface area (Å²) in [6.07, 6.45) is 0.898. The first kappa shape index (κ1) is 13.4. The lowest BCUT2D eigenvalue weighted by atomic mass is 9.98. The maximum absolute atomic E-state index is 11.4. The lowest BCUT2D eigenvalue weighted by Crippen LogP contribution is -2.45. The third-order valence-electron chi connectivity index (χ3n) is 2.69. The summed E-state index contributed by atoms with van der Waals surface area (Å²) in [5.41, 5.74) is 5.15. The second kappa shape index (κ2) is 6.19. The second-order valence-electron chi connectivity index (χ2n) is 3.86. The molecule has 1 saturated heterocycles. The van der Waals surface area contributed by atoms with Crippen molar-refractivity contribution in [2.24, 2.45) is 11.7 Å². The molecule has 0 aromatic carbocycles. The van der Waals surface area contributed by atoms with Gasteiger partial charge >= 0.3 is 5.97 Å². The van der Waals surface area contributed by atoms with Crippen molar-refractivity contribution >= 4 is 17.8 Å². The predicted molar refractivity (Wildman–Crippen MR) is 58.7 cm³/mol. The third kappa shape index (κ3) is 3.70. The number of amides is 2. The van der Waals surface area contributed by atoms with Gasteiger partial charge in [0.2, 0.25) is 11.8 Å².